The Morgan fingerprint density at radius 2 is 2.38 bits per heavy atom. The molecule has 2 aliphatic heterocycles. The number of carbonyl (C=O) groups is 1. The highest BCUT2D eigenvalue weighted by Gasteiger charge is 2.32. The van der Waals surface area contributed by atoms with Crippen LogP contribution in [0.4, 0.5) is 5.69 Å². The van der Waals surface area contributed by atoms with Crippen molar-refractivity contribution < 1.29 is 14.3 Å². The third-order valence-electron chi connectivity index (χ3n) is 4.92. The summed E-state index contributed by atoms with van der Waals surface area (Å²) in [5.74, 6) is 0.376. The molecule has 0 bridgehead atoms. The Labute approximate surface area is 147 Å². The molecule has 1 aromatic carbocycles. The number of carbonyl (C=O) groups excluding carboxylic acids is 1. The van der Waals surface area contributed by atoms with Gasteiger partial charge in [-0.15, -0.1) is 0 Å². The maximum absolute atomic E-state index is 12.8. The number of amides is 1. The lowest BCUT2D eigenvalue weighted by molar-refractivity contribution is 0.00801. The standard InChI is InChI=1S/C17H24ClN3O3/c1-3-21-6-4-13(14(9-21)23-2)20-17(22)11-8-12(18)15(19)10-5-7-24-16(10)11/h8,13-14H,3-7,9,19H2,1-2H3,(H,20,22). The van der Waals surface area contributed by atoms with E-state index in [-0.39, 0.29) is 18.1 Å². The molecule has 2 aliphatic rings. The maximum atomic E-state index is 12.8. The number of hydrogen-bond donors (Lipinski definition) is 2. The SMILES string of the molecule is CCN1CCC(NC(=O)c2cc(Cl)c(N)c3c2OCC3)C(OC)C1. The highest BCUT2D eigenvalue weighted by Crippen LogP contribution is 2.38. The van der Waals surface area contributed by atoms with Crippen molar-refractivity contribution in [1.29, 1.82) is 0 Å². The number of rotatable bonds is 4. The van der Waals surface area contributed by atoms with Crippen LogP contribution in [0.5, 0.6) is 5.75 Å². The Balaban J connectivity index is 1.78. The molecule has 3 N–H and O–H groups in total. The van der Waals surface area contributed by atoms with Crippen molar-refractivity contribution in [1.82, 2.24) is 10.2 Å². The van der Waals surface area contributed by atoms with Crippen molar-refractivity contribution in [2.45, 2.75) is 31.9 Å². The Bertz CT molecular complexity index is 638. The van der Waals surface area contributed by atoms with Crippen LogP contribution in [-0.2, 0) is 11.2 Å². The summed E-state index contributed by atoms with van der Waals surface area (Å²) >= 11 is 6.19. The summed E-state index contributed by atoms with van der Waals surface area (Å²) in [6, 6.07) is 1.57. The average Bonchev–Trinajstić information content (AvgIpc) is 3.08. The molecule has 6 nitrogen and oxygen atoms in total. The largest absolute Gasteiger partial charge is 0.492 e. The summed E-state index contributed by atoms with van der Waals surface area (Å²) in [5.41, 5.74) is 7.78. The van der Waals surface area contributed by atoms with Crippen LogP contribution < -0.4 is 15.8 Å². The molecule has 0 aromatic heterocycles. The Kier molecular flexibility index (Phi) is 5.18. The lowest BCUT2D eigenvalue weighted by Gasteiger charge is -2.37. The van der Waals surface area contributed by atoms with Gasteiger partial charge in [-0.05, 0) is 19.0 Å². The monoisotopic (exact) mass is 353 g/mol. The normalized spacial score (nSPS) is 23.6. The first-order valence-electron chi connectivity index (χ1n) is 8.34. The fourth-order valence-corrected chi connectivity index (χ4v) is 3.68. The molecular formula is C17H24ClN3O3. The Morgan fingerprint density at radius 3 is 3.08 bits per heavy atom. The van der Waals surface area contributed by atoms with E-state index in [1.807, 2.05) is 0 Å². The molecule has 0 spiro atoms. The number of hydrogen-bond acceptors (Lipinski definition) is 5. The van der Waals surface area contributed by atoms with Crippen molar-refractivity contribution in [2.24, 2.45) is 0 Å². The third kappa shape index (κ3) is 3.18. The van der Waals surface area contributed by atoms with Gasteiger partial charge < -0.3 is 25.4 Å². The van der Waals surface area contributed by atoms with Gasteiger partial charge in [0.1, 0.15) is 5.75 Å². The van der Waals surface area contributed by atoms with E-state index in [1.165, 1.54) is 0 Å². The summed E-state index contributed by atoms with van der Waals surface area (Å²) in [5, 5.41) is 3.48. The quantitative estimate of drug-likeness (QED) is 0.806. The van der Waals surface area contributed by atoms with Crippen LogP contribution in [0.3, 0.4) is 0 Å². The smallest absolute Gasteiger partial charge is 0.255 e. The predicted octanol–water partition coefficient (Wildman–Crippen LogP) is 1.70. The van der Waals surface area contributed by atoms with Gasteiger partial charge in [0.25, 0.3) is 5.91 Å². The van der Waals surface area contributed by atoms with Gasteiger partial charge in [-0.3, -0.25) is 4.79 Å². The van der Waals surface area contributed by atoms with Gasteiger partial charge in [0.15, 0.2) is 0 Å². The van der Waals surface area contributed by atoms with Crippen molar-refractivity contribution in [3.05, 3.63) is 22.2 Å². The molecule has 3 rings (SSSR count). The highest BCUT2D eigenvalue weighted by molar-refractivity contribution is 6.33. The van der Waals surface area contributed by atoms with Crippen LogP contribution >= 0.6 is 11.6 Å². The number of piperidine rings is 1. The molecule has 1 amide bonds. The van der Waals surface area contributed by atoms with Gasteiger partial charge in [-0.2, -0.15) is 0 Å². The molecule has 1 saturated heterocycles. The zero-order chi connectivity index (χ0) is 17.3. The molecule has 2 atom stereocenters. The molecule has 24 heavy (non-hydrogen) atoms. The first-order chi connectivity index (χ1) is 11.5. The molecule has 7 heteroatoms. The number of benzene rings is 1. The maximum Gasteiger partial charge on any atom is 0.255 e. The number of nitrogens with zero attached hydrogens (tertiary/aromatic N) is 1. The van der Waals surface area contributed by atoms with Gasteiger partial charge in [0.05, 0.1) is 35.0 Å². The summed E-state index contributed by atoms with van der Waals surface area (Å²) < 4.78 is 11.2. The number of nitrogens with two attached hydrogens (primary N) is 1. The van der Waals surface area contributed by atoms with Gasteiger partial charge >= 0.3 is 0 Å². The summed E-state index contributed by atoms with van der Waals surface area (Å²) in [6.45, 7) is 5.39. The number of anilines is 1. The number of nitrogen functional groups attached to an aromatic ring is 1. The van der Waals surface area contributed by atoms with E-state index < -0.39 is 0 Å². The number of likely N-dealkylation sites (tertiary alicyclic amines) is 1. The minimum Gasteiger partial charge on any atom is -0.492 e. The number of likely N-dealkylation sites (N-methyl/N-ethyl adjacent to an activating group) is 1. The zero-order valence-corrected chi connectivity index (χ0v) is 14.9. The van der Waals surface area contributed by atoms with Crippen molar-refractivity contribution >= 4 is 23.2 Å². The van der Waals surface area contributed by atoms with Gasteiger partial charge in [0.2, 0.25) is 0 Å². The summed E-state index contributed by atoms with van der Waals surface area (Å²) in [4.78, 5) is 15.1. The minimum absolute atomic E-state index is 0.0270. The molecule has 0 aliphatic carbocycles. The van der Waals surface area contributed by atoms with Crippen molar-refractivity contribution in [3.8, 4) is 5.75 Å². The minimum atomic E-state index is -0.188. The molecule has 1 aromatic rings. The Hall–Kier alpha value is -1.50. The van der Waals surface area contributed by atoms with Crippen LogP contribution in [0.15, 0.2) is 6.07 Å². The number of fused-ring (bicyclic) bond motifs is 1. The summed E-state index contributed by atoms with van der Waals surface area (Å²) in [6.07, 6.45) is 1.50. The molecule has 0 saturated carbocycles. The lowest BCUT2D eigenvalue weighted by atomic mass is 10.00. The molecule has 0 radical (unpaired) electrons. The number of ether oxygens (including phenoxy) is 2. The first kappa shape index (κ1) is 17.3. The van der Waals surface area contributed by atoms with E-state index in [0.717, 1.165) is 31.6 Å². The second-order valence-corrected chi connectivity index (χ2v) is 6.67. The molecule has 2 heterocycles. The van der Waals surface area contributed by atoms with Gasteiger partial charge in [-0.25, -0.2) is 0 Å². The fourth-order valence-electron chi connectivity index (χ4n) is 3.45. The second-order valence-electron chi connectivity index (χ2n) is 6.26. The number of halogens is 1. The van der Waals surface area contributed by atoms with E-state index in [2.05, 4.69) is 17.1 Å². The Morgan fingerprint density at radius 1 is 1.58 bits per heavy atom. The van der Waals surface area contributed by atoms with Crippen LogP contribution in [0.2, 0.25) is 5.02 Å². The van der Waals surface area contributed by atoms with Crippen molar-refractivity contribution in [3.63, 3.8) is 0 Å². The summed E-state index contributed by atoms with van der Waals surface area (Å²) in [7, 11) is 1.68. The number of methoxy groups -OCH3 is 1. The fraction of sp³-hybridized carbons (Fsp3) is 0.588. The van der Waals surface area contributed by atoms with Crippen LogP contribution in [0.1, 0.15) is 29.3 Å². The van der Waals surface area contributed by atoms with Crippen LogP contribution in [0.25, 0.3) is 0 Å². The zero-order valence-electron chi connectivity index (χ0n) is 14.1. The molecule has 2 unspecified atom stereocenters. The van der Waals surface area contributed by atoms with E-state index in [4.69, 9.17) is 26.8 Å². The lowest BCUT2D eigenvalue weighted by Crippen LogP contribution is -2.54. The topological polar surface area (TPSA) is 76.8 Å². The van der Waals surface area contributed by atoms with Gasteiger partial charge in [-0.1, -0.05) is 18.5 Å². The molecule has 1 fully saturated rings. The molecule has 132 valence electrons. The van der Waals surface area contributed by atoms with E-state index in [9.17, 15) is 4.79 Å². The average molecular weight is 354 g/mol. The second kappa shape index (κ2) is 7.17. The van der Waals surface area contributed by atoms with E-state index in [1.54, 1.807) is 13.2 Å². The van der Waals surface area contributed by atoms with Crippen LogP contribution in [-0.4, -0.2) is 56.3 Å². The van der Waals surface area contributed by atoms with E-state index >= 15 is 0 Å². The van der Waals surface area contributed by atoms with E-state index in [0.29, 0.717) is 35.1 Å². The third-order valence-corrected chi connectivity index (χ3v) is 5.24. The number of nitrogens with one attached hydrogen (secondary N) is 1. The van der Waals surface area contributed by atoms with Crippen LogP contribution in [0, 0.1) is 0 Å². The van der Waals surface area contributed by atoms with Crippen molar-refractivity contribution in [2.75, 3.05) is 39.1 Å². The first-order valence-corrected chi connectivity index (χ1v) is 8.72. The predicted molar refractivity (Wildman–Crippen MR) is 93.8 cm³/mol. The van der Waals surface area contributed by atoms with Gasteiger partial charge in [0, 0.05) is 32.2 Å². The highest BCUT2D eigenvalue weighted by atomic mass is 35.5. The molecular weight excluding hydrogens is 330 g/mol.